The van der Waals surface area contributed by atoms with Crippen LogP contribution in [0.4, 0.5) is 0 Å². The topological polar surface area (TPSA) is 51.2 Å². The van der Waals surface area contributed by atoms with Crippen molar-refractivity contribution in [2.45, 2.75) is 32.8 Å². The summed E-state index contributed by atoms with van der Waals surface area (Å²) in [7, 11) is 0. The van der Waals surface area contributed by atoms with E-state index in [1.165, 1.54) is 10.4 Å². The largest absolute Gasteiger partial charge is 0.368 e. The van der Waals surface area contributed by atoms with E-state index in [-0.39, 0.29) is 5.91 Å². The predicted molar refractivity (Wildman–Crippen MR) is 87.4 cm³/mol. The first-order valence-electron chi connectivity index (χ1n) is 7.43. The molecule has 0 bridgehead atoms. The number of fused-ring (bicyclic) bond motifs is 1. The summed E-state index contributed by atoms with van der Waals surface area (Å²) in [5.74, 6) is -0.157. The second-order valence-corrected chi connectivity index (χ2v) is 6.87. The first kappa shape index (κ1) is 15.2. The molecule has 1 atom stereocenters. The van der Waals surface area contributed by atoms with Gasteiger partial charge in [-0.2, -0.15) is 0 Å². The van der Waals surface area contributed by atoms with E-state index in [2.05, 4.69) is 21.7 Å². The third kappa shape index (κ3) is 2.78. The predicted octanol–water partition coefficient (Wildman–Crippen LogP) is 2.98. The van der Waals surface area contributed by atoms with Gasteiger partial charge in [-0.1, -0.05) is 6.07 Å². The highest BCUT2D eigenvalue weighted by Gasteiger charge is 2.34. The van der Waals surface area contributed by atoms with E-state index in [4.69, 9.17) is 4.74 Å². The molecule has 3 rings (SSSR count). The lowest BCUT2D eigenvalue weighted by atomic mass is 9.93. The van der Waals surface area contributed by atoms with Crippen LogP contribution in [0, 0.1) is 13.8 Å². The molecule has 1 unspecified atom stereocenters. The fourth-order valence-electron chi connectivity index (χ4n) is 2.70. The fourth-order valence-corrected chi connectivity index (χ4v) is 3.68. The molecular weight excluding hydrogens is 296 g/mol. The fraction of sp³-hybridized carbons (Fsp3) is 0.412. The average Bonchev–Trinajstić information content (AvgIpc) is 2.98. The quantitative estimate of drug-likeness (QED) is 0.947. The number of amides is 1. The number of nitrogens with one attached hydrogen (secondary N) is 1. The molecule has 1 amide bonds. The highest BCUT2D eigenvalue weighted by Crippen LogP contribution is 2.35. The van der Waals surface area contributed by atoms with Crippen LogP contribution in [0.25, 0.3) is 0 Å². The number of carbonyl (C=O) groups is 1. The Kier molecular flexibility index (Phi) is 4.02. The number of thiophene rings is 1. The van der Waals surface area contributed by atoms with Gasteiger partial charge in [-0.3, -0.25) is 4.79 Å². The van der Waals surface area contributed by atoms with Crippen molar-refractivity contribution in [3.63, 3.8) is 0 Å². The molecule has 0 fully saturated rings. The summed E-state index contributed by atoms with van der Waals surface area (Å²) in [6.45, 7) is 7.08. The van der Waals surface area contributed by atoms with Crippen molar-refractivity contribution in [1.29, 1.82) is 0 Å². The lowest BCUT2D eigenvalue weighted by molar-refractivity contribution is -0.0426. The molecule has 1 aliphatic heterocycles. The average molecular weight is 316 g/mol. The van der Waals surface area contributed by atoms with Gasteiger partial charge in [-0.25, -0.2) is 4.98 Å². The number of carbonyl (C=O) groups excluding carboxylic acids is 1. The molecule has 1 aliphatic rings. The van der Waals surface area contributed by atoms with Crippen LogP contribution >= 0.6 is 11.3 Å². The van der Waals surface area contributed by atoms with Crippen LogP contribution in [0.5, 0.6) is 0 Å². The summed E-state index contributed by atoms with van der Waals surface area (Å²) in [5, 5.41) is 5.05. The van der Waals surface area contributed by atoms with E-state index < -0.39 is 5.60 Å². The molecule has 2 aromatic heterocycles. The molecular formula is C17H20N2O2S. The maximum atomic E-state index is 12.3. The Morgan fingerprint density at radius 2 is 2.23 bits per heavy atom. The van der Waals surface area contributed by atoms with Crippen LogP contribution in [0.1, 0.15) is 39.1 Å². The Morgan fingerprint density at radius 1 is 1.41 bits per heavy atom. The molecule has 5 heteroatoms. The number of hydrogen-bond donors (Lipinski definition) is 1. The normalized spacial score (nSPS) is 20.5. The molecule has 0 spiro atoms. The van der Waals surface area contributed by atoms with Crippen LogP contribution < -0.4 is 5.32 Å². The zero-order valence-electron chi connectivity index (χ0n) is 13.1. The highest BCUT2D eigenvalue weighted by molar-refractivity contribution is 7.10. The third-order valence-corrected chi connectivity index (χ3v) is 5.21. The van der Waals surface area contributed by atoms with E-state index in [1.807, 2.05) is 26.8 Å². The van der Waals surface area contributed by atoms with E-state index in [0.29, 0.717) is 18.8 Å². The van der Waals surface area contributed by atoms with Crippen molar-refractivity contribution < 1.29 is 9.53 Å². The van der Waals surface area contributed by atoms with E-state index in [1.54, 1.807) is 17.4 Å². The summed E-state index contributed by atoms with van der Waals surface area (Å²) < 4.78 is 5.95. The molecule has 3 heterocycles. The lowest BCUT2D eigenvalue weighted by Gasteiger charge is -2.34. The third-order valence-electron chi connectivity index (χ3n) is 4.23. The van der Waals surface area contributed by atoms with Crippen LogP contribution in [-0.4, -0.2) is 24.0 Å². The Morgan fingerprint density at radius 3 is 3.00 bits per heavy atom. The maximum absolute atomic E-state index is 12.3. The second kappa shape index (κ2) is 5.82. The number of aryl methyl sites for hydroxylation is 2. The summed E-state index contributed by atoms with van der Waals surface area (Å²) in [5.41, 5.74) is 3.16. The zero-order valence-corrected chi connectivity index (χ0v) is 13.9. The van der Waals surface area contributed by atoms with Crippen molar-refractivity contribution in [1.82, 2.24) is 10.3 Å². The lowest BCUT2D eigenvalue weighted by Crippen LogP contribution is -2.43. The summed E-state index contributed by atoms with van der Waals surface area (Å²) in [4.78, 5) is 18.0. The molecule has 0 saturated heterocycles. The van der Waals surface area contributed by atoms with Gasteiger partial charge in [0.2, 0.25) is 0 Å². The van der Waals surface area contributed by atoms with Crippen molar-refractivity contribution in [2.24, 2.45) is 0 Å². The zero-order chi connectivity index (χ0) is 15.7. The molecule has 1 N–H and O–H groups in total. The van der Waals surface area contributed by atoms with Gasteiger partial charge in [0.25, 0.3) is 5.91 Å². The van der Waals surface area contributed by atoms with Gasteiger partial charge in [0.05, 0.1) is 13.2 Å². The smallest absolute Gasteiger partial charge is 0.269 e. The van der Waals surface area contributed by atoms with Crippen LogP contribution in [-0.2, 0) is 16.8 Å². The van der Waals surface area contributed by atoms with Crippen LogP contribution in [0.15, 0.2) is 23.6 Å². The Bertz CT molecular complexity index is 710. The van der Waals surface area contributed by atoms with Crippen molar-refractivity contribution in [3.8, 4) is 0 Å². The number of hydrogen-bond acceptors (Lipinski definition) is 4. The van der Waals surface area contributed by atoms with E-state index in [9.17, 15) is 4.79 Å². The molecule has 2 aromatic rings. The first-order chi connectivity index (χ1) is 10.5. The Labute approximate surface area is 134 Å². The second-order valence-electron chi connectivity index (χ2n) is 5.87. The van der Waals surface area contributed by atoms with Gasteiger partial charge in [0.1, 0.15) is 11.3 Å². The van der Waals surface area contributed by atoms with Crippen molar-refractivity contribution >= 4 is 17.2 Å². The standard InChI is InChI=1S/C17H20N2O2S/c1-11-4-5-14(19-12(11)2)16(20)18-10-17(3)13-7-9-22-15(13)6-8-21-17/h4-5,7,9H,6,8,10H2,1-3H3,(H,18,20). The number of rotatable bonds is 3. The molecule has 0 saturated carbocycles. The number of ether oxygens (including phenoxy) is 1. The van der Waals surface area contributed by atoms with Gasteiger partial charge in [-0.05, 0) is 49.4 Å². The van der Waals surface area contributed by atoms with Gasteiger partial charge >= 0.3 is 0 Å². The Hall–Kier alpha value is -1.72. The summed E-state index contributed by atoms with van der Waals surface area (Å²) >= 11 is 1.76. The molecule has 22 heavy (non-hydrogen) atoms. The van der Waals surface area contributed by atoms with Crippen LogP contribution in [0.3, 0.4) is 0 Å². The summed E-state index contributed by atoms with van der Waals surface area (Å²) in [6, 6.07) is 5.78. The van der Waals surface area contributed by atoms with Gasteiger partial charge in [0, 0.05) is 17.0 Å². The van der Waals surface area contributed by atoms with Crippen LogP contribution in [0.2, 0.25) is 0 Å². The van der Waals surface area contributed by atoms with Crippen molar-refractivity contribution in [2.75, 3.05) is 13.2 Å². The monoisotopic (exact) mass is 316 g/mol. The van der Waals surface area contributed by atoms with Crippen molar-refractivity contribution in [3.05, 3.63) is 51.0 Å². The summed E-state index contributed by atoms with van der Waals surface area (Å²) in [6.07, 6.45) is 0.954. The maximum Gasteiger partial charge on any atom is 0.269 e. The van der Waals surface area contributed by atoms with Gasteiger partial charge < -0.3 is 10.1 Å². The molecule has 0 radical (unpaired) electrons. The van der Waals surface area contributed by atoms with Gasteiger partial charge in [0.15, 0.2) is 0 Å². The minimum absolute atomic E-state index is 0.157. The Balaban J connectivity index is 1.73. The minimum Gasteiger partial charge on any atom is -0.368 e. The molecule has 4 nitrogen and oxygen atoms in total. The highest BCUT2D eigenvalue weighted by atomic mass is 32.1. The SMILES string of the molecule is Cc1ccc(C(=O)NCC2(C)OCCc3sccc32)nc1C. The molecule has 116 valence electrons. The van der Waals surface area contributed by atoms with E-state index >= 15 is 0 Å². The molecule has 0 aliphatic carbocycles. The number of aromatic nitrogens is 1. The first-order valence-corrected chi connectivity index (χ1v) is 8.31. The molecule has 0 aromatic carbocycles. The minimum atomic E-state index is -0.455. The number of nitrogens with zero attached hydrogens (tertiary/aromatic N) is 1. The van der Waals surface area contributed by atoms with E-state index in [0.717, 1.165) is 17.7 Å². The van der Waals surface area contributed by atoms with Gasteiger partial charge in [-0.15, -0.1) is 11.3 Å². The number of pyridine rings is 1.